The molecule has 0 aromatic carbocycles. The Balaban J connectivity index is 4.23. The molecule has 0 amide bonds. The maximum atomic E-state index is 12.6. The lowest BCUT2D eigenvalue weighted by atomic mass is 10.0. The third-order valence-electron chi connectivity index (χ3n) is 9.14. The van der Waals surface area contributed by atoms with E-state index in [-0.39, 0.29) is 13.0 Å². The van der Waals surface area contributed by atoms with Gasteiger partial charge < -0.3 is 25.2 Å². The molecule has 0 rings (SSSR count). The van der Waals surface area contributed by atoms with Crippen molar-refractivity contribution in [3.8, 4) is 0 Å². The minimum absolute atomic E-state index is 0.0254. The van der Waals surface area contributed by atoms with Crippen molar-refractivity contribution >= 4 is 19.8 Å². The van der Waals surface area contributed by atoms with Gasteiger partial charge in [0.2, 0.25) is 0 Å². The van der Waals surface area contributed by atoms with Crippen LogP contribution < -0.4 is 5.73 Å². The second-order valence-electron chi connectivity index (χ2n) is 14.1. The van der Waals surface area contributed by atoms with E-state index in [1.165, 1.54) is 141 Å². The van der Waals surface area contributed by atoms with Crippen molar-refractivity contribution < 1.29 is 42.7 Å². The van der Waals surface area contributed by atoms with E-state index >= 15 is 0 Å². The average molecular weight is 736 g/mol. The van der Waals surface area contributed by atoms with Crippen LogP contribution in [0.1, 0.15) is 200 Å². The summed E-state index contributed by atoms with van der Waals surface area (Å²) in [5.41, 5.74) is 5.34. The van der Waals surface area contributed by atoms with Crippen molar-refractivity contribution in [2.75, 3.05) is 26.4 Å². The molecule has 4 N–H and O–H groups in total. The number of carbonyl (C=O) groups excluding carboxylic acids is 1. The van der Waals surface area contributed by atoms with Crippen LogP contribution >= 0.6 is 7.82 Å². The highest BCUT2D eigenvalue weighted by Gasteiger charge is 2.27. The van der Waals surface area contributed by atoms with Gasteiger partial charge in [-0.2, -0.15) is 0 Å². The van der Waals surface area contributed by atoms with Crippen LogP contribution in [-0.4, -0.2) is 60.5 Å². The summed E-state index contributed by atoms with van der Waals surface area (Å²) in [5.74, 6) is -1.77. The number of carboxylic acid groups (broad SMARTS) is 1. The first-order valence-electron chi connectivity index (χ1n) is 20.6. The quantitative estimate of drug-likeness (QED) is 0.0314. The smallest absolute Gasteiger partial charge is 0.472 e. The maximum Gasteiger partial charge on any atom is 0.472 e. The summed E-state index contributed by atoms with van der Waals surface area (Å²) >= 11 is 0. The van der Waals surface area contributed by atoms with E-state index in [9.17, 15) is 19.0 Å². The third-order valence-corrected chi connectivity index (χ3v) is 10.1. The number of aliphatic carboxylic acids is 1. The minimum Gasteiger partial charge on any atom is -0.480 e. The largest absolute Gasteiger partial charge is 0.480 e. The van der Waals surface area contributed by atoms with Gasteiger partial charge >= 0.3 is 19.8 Å². The highest BCUT2D eigenvalue weighted by molar-refractivity contribution is 7.47. The van der Waals surface area contributed by atoms with E-state index in [4.69, 9.17) is 29.4 Å². The molecule has 0 aliphatic heterocycles. The zero-order valence-corrected chi connectivity index (χ0v) is 33.2. The van der Waals surface area contributed by atoms with Crippen molar-refractivity contribution in [1.82, 2.24) is 0 Å². The zero-order valence-electron chi connectivity index (χ0n) is 32.3. The number of hydrogen-bond donors (Lipinski definition) is 3. The summed E-state index contributed by atoms with van der Waals surface area (Å²) in [6, 6.07) is -1.47. The lowest BCUT2D eigenvalue weighted by Crippen LogP contribution is -2.34. The lowest BCUT2D eigenvalue weighted by Gasteiger charge is -2.20. The molecule has 11 heteroatoms. The van der Waals surface area contributed by atoms with Gasteiger partial charge in [0.25, 0.3) is 0 Å². The molecule has 0 fully saturated rings. The van der Waals surface area contributed by atoms with Crippen molar-refractivity contribution in [3.63, 3.8) is 0 Å². The fourth-order valence-corrected chi connectivity index (χ4v) is 6.68. The monoisotopic (exact) mass is 736 g/mol. The number of carboxylic acids is 1. The van der Waals surface area contributed by atoms with Crippen LogP contribution in [0.3, 0.4) is 0 Å². The number of hydrogen-bond acceptors (Lipinski definition) is 8. The standard InChI is InChI=1S/C39H78NO9P/c1-3-5-7-9-11-13-15-17-19-21-23-25-27-29-31-38(41)49-36(34-47-50(44,45)48-35-37(40)39(42)43)33-46-32-30-28-26-24-22-20-18-16-14-12-10-8-6-4-2/h36-37H,3-35,40H2,1-2H3,(H,42,43)(H,44,45). The molecule has 0 aromatic heterocycles. The molecule has 0 aromatic rings. The summed E-state index contributed by atoms with van der Waals surface area (Å²) in [6.45, 7) is 3.91. The number of unbranched alkanes of at least 4 members (excludes halogenated alkanes) is 26. The summed E-state index contributed by atoms with van der Waals surface area (Å²) in [7, 11) is -4.60. The molecule has 298 valence electrons. The van der Waals surface area contributed by atoms with Crippen LogP contribution in [0.25, 0.3) is 0 Å². The number of rotatable bonds is 40. The van der Waals surface area contributed by atoms with Crippen molar-refractivity contribution in [2.45, 2.75) is 212 Å². The predicted molar refractivity (Wildman–Crippen MR) is 203 cm³/mol. The third kappa shape index (κ3) is 35.4. The van der Waals surface area contributed by atoms with Gasteiger partial charge in [-0.3, -0.25) is 18.6 Å². The van der Waals surface area contributed by atoms with Crippen LogP contribution in [0.5, 0.6) is 0 Å². The summed E-state index contributed by atoms with van der Waals surface area (Å²) in [5, 5.41) is 8.87. The number of phosphoric acid groups is 1. The second-order valence-corrected chi connectivity index (χ2v) is 15.6. The Morgan fingerprint density at radius 1 is 0.560 bits per heavy atom. The van der Waals surface area contributed by atoms with Gasteiger partial charge in [0.15, 0.2) is 0 Å². The van der Waals surface area contributed by atoms with Crippen LogP contribution in [-0.2, 0) is 32.7 Å². The molecular weight excluding hydrogens is 657 g/mol. The van der Waals surface area contributed by atoms with Crippen LogP contribution in [0.2, 0.25) is 0 Å². The summed E-state index contributed by atoms with van der Waals surface area (Å²) in [4.78, 5) is 33.4. The van der Waals surface area contributed by atoms with E-state index in [1.807, 2.05) is 0 Å². The number of ether oxygens (including phenoxy) is 2. The van der Waals surface area contributed by atoms with E-state index in [1.54, 1.807) is 0 Å². The molecule has 0 saturated heterocycles. The molecule has 0 aliphatic carbocycles. The molecule has 0 aliphatic rings. The molecule has 0 heterocycles. The normalized spacial score (nSPS) is 14.0. The number of phosphoric ester groups is 1. The first-order chi connectivity index (χ1) is 24.2. The molecule has 10 nitrogen and oxygen atoms in total. The number of nitrogens with two attached hydrogens (primary N) is 1. The van der Waals surface area contributed by atoms with Crippen LogP contribution in [0, 0.1) is 0 Å². The van der Waals surface area contributed by atoms with Gasteiger partial charge in [-0.25, -0.2) is 4.57 Å². The Morgan fingerprint density at radius 2 is 0.920 bits per heavy atom. The van der Waals surface area contributed by atoms with Crippen LogP contribution in [0.4, 0.5) is 0 Å². The molecule has 50 heavy (non-hydrogen) atoms. The van der Waals surface area contributed by atoms with Gasteiger partial charge in [0, 0.05) is 13.0 Å². The number of carbonyl (C=O) groups is 2. The van der Waals surface area contributed by atoms with Gasteiger partial charge in [-0.15, -0.1) is 0 Å². The van der Waals surface area contributed by atoms with E-state index in [2.05, 4.69) is 13.8 Å². The molecule has 3 atom stereocenters. The second kappa shape index (κ2) is 36.3. The molecule has 0 radical (unpaired) electrons. The van der Waals surface area contributed by atoms with Crippen LogP contribution in [0.15, 0.2) is 0 Å². The molecule has 3 unspecified atom stereocenters. The van der Waals surface area contributed by atoms with E-state index in [0.29, 0.717) is 6.61 Å². The Bertz CT molecular complexity index is 816. The highest BCUT2D eigenvalue weighted by Crippen LogP contribution is 2.43. The molecular formula is C39H78NO9P. The topological polar surface area (TPSA) is 155 Å². The van der Waals surface area contributed by atoms with Gasteiger partial charge in [0.05, 0.1) is 19.8 Å². The fourth-order valence-electron chi connectivity index (χ4n) is 5.90. The van der Waals surface area contributed by atoms with E-state index < -0.39 is 45.1 Å². The summed E-state index contributed by atoms with van der Waals surface area (Å²) < 4.78 is 33.3. The Morgan fingerprint density at radius 3 is 1.32 bits per heavy atom. The first-order valence-corrected chi connectivity index (χ1v) is 22.1. The lowest BCUT2D eigenvalue weighted by molar-refractivity contribution is -0.154. The number of esters is 1. The average Bonchev–Trinajstić information content (AvgIpc) is 3.09. The zero-order chi connectivity index (χ0) is 37.0. The maximum absolute atomic E-state index is 12.6. The van der Waals surface area contributed by atoms with Gasteiger partial charge in [0.1, 0.15) is 12.1 Å². The van der Waals surface area contributed by atoms with Crippen molar-refractivity contribution in [3.05, 3.63) is 0 Å². The fraction of sp³-hybridized carbons (Fsp3) is 0.949. The Labute approximate surface area is 306 Å². The summed E-state index contributed by atoms with van der Waals surface area (Å²) in [6.07, 6.45) is 34.3. The Kier molecular flexibility index (Phi) is 35.6. The van der Waals surface area contributed by atoms with Crippen molar-refractivity contribution in [1.29, 1.82) is 0 Å². The predicted octanol–water partition coefficient (Wildman–Crippen LogP) is 10.8. The van der Waals surface area contributed by atoms with E-state index in [0.717, 1.165) is 38.5 Å². The SMILES string of the molecule is CCCCCCCCCCCCCCCCOCC(COP(=O)(O)OCC(N)C(=O)O)OC(=O)CCCCCCCCCCCCCCCC. The first kappa shape index (κ1) is 49.0. The van der Waals surface area contributed by atoms with Crippen molar-refractivity contribution in [2.24, 2.45) is 5.73 Å². The molecule has 0 saturated carbocycles. The van der Waals surface area contributed by atoms with Gasteiger partial charge in [-0.05, 0) is 12.8 Å². The minimum atomic E-state index is -4.60. The van der Waals surface area contributed by atoms with Gasteiger partial charge in [-0.1, -0.05) is 181 Å². The Hall–Kier alpha value is -1.03. The molecule has 0 bridgehead atoms. The molecule has 0 spiro atoms. The highest BCUT2D eigenvalue weighted by atomic mass is 31.2.